The van der Waals surface area contributed by atoms with E-state index in [1.54, 1.807) is 7.11 Å². The Bertz CT molecular complexity index is 1330. The fraction of sp³-hybridized carbons (Fsp3) is 0.406. The van der Waals surface area contributed by atoms with Crippen molar-refractivity contribution in [1.29, 1.82) is 0 Å². The first kappa shape index (κ1) is 31.9. The number of amides is 1. The second-order valence-corrected chi connectivity index (χ2v) is 13.1. The Labute approximate surface area is 247 Å². The van der Waals surface area contributed by atoms with Crippen LogP contribution in [0.3, 0.4) is 0 Å². The van der Waals surface area contributed by atoms with Gasteiger partial charge in [0, 0.05) is 19.0 Å². The number of aliphatic hydroxyl groups excluding tert-OH is 1. The SMILES string of the molecule is CCc1ccc2c(c1)[C@@H](NC[C@@H](O)[C@H](Cc1cc(F)cc(F)c1)NC(=O)CCCc1ccc(OC)cc1)CS(O)(O)C2. The van der Waals surface area contributed by atoms with Gasteiger partial charge in [0.2, 0.25) is 5.91 Å². The highest BCUT2D eigenvalue weighted by atomic mass is 32.3. The predicted molar refractivity (Wildman–Crippen MR) is 162 cm³/mol. The quantitative estimate of drug-likeness (QED) is 0.176. The maximum Gasteiger partial charge on any atom is 0.220 e. The summed E-state index contributed by atoms with van der Waals surface area (Å²) >= 11 is 0. The van der Waals surface area contributed by atoms with E-state index in [4.69, 9.17) is 4.74 Å². The lowest BCUT2D eigenvalue weighted by atomic mass is 9.97. The molecule has 10 heteroatoms. The lowest BCUT2D eigenvalue weighted by Gasteiger charge is -2.42. The zero-order valence-corrected chi connectivity index (χ0v) is 24.8. The number of carbonyl (C=O) groups excluding carboxylic acids is 1. The van der Waals surface area contributed by atoms with Gasteiger partial charge in [0.25, 0.3) is 0 Å². The minimum atomic E-state index is -2.85. The molecule has 228 valence electrons. The van der Waals surface area contributed by atoms with Gasteiger partial charge < -0.3 is 20.5 Å². The van der Waals surface area contributed by atoms with E-state index in [1.807, 2.05) is 49.4 Å². The summed E-state index contributed by atoms with van der Waals surface area (Å²) in [4.78, 5) is 12.9. The number of rotatable bonds is 13. The molecular formula is C32H40F2N2O5S. The third-order valence-electron chi connectivity index (χ3n) is 7.60. The Morgan fingerprint density at radius 1 is 1.02 bits per heavy atom. The highest BCUT2D eigenvalue weighted by molar-refractivity contribution is 8.23. The summed E-state index contributed by atoms with van der Waals surface area (Å²) in [7, 11) is -1.25. The number of halogens is 2. The summed E-state index contributed by atoms with van der Waals surface area (Å²) in [5.74, 6) is -0.710. The summed E-state index contributed by atoms with van der Waals surface area (Å²) in [6.45, 7) is 2.06. The molecule has 0 aromatic heterocycles. The molecule has 1 amide bonds. The van der Waals surface area contributed by atoms with Crippen LogP contribution in [0, 0.1) is 11.6 Å². The van der Waals surface area contributed by atoms with Crippen molar-refractivity contribution in [2.75, 3.05) is 19.4 Å². The number of fused-ring (bicyclic) bond motifs is 1. The van der Waals surface area contributed by atoms with Gasteiger partial charge in [-0.05, 0) is 77.8 Å². The van der Waals surface area contributed by atoms with Gasteiger partial charge >= 0.3 is 0 Å². The van der Waals surface area contributed by atoms with Gasteiger partial charge in [0.15, 0.2) is 0 Å². The average Bonchev–Trinajstić information content (AvgIpc) is 2.94. The molecule has 0 unspecified atom stereocenters. The smallest absolute Gasteiger partial charge is 0.220 e. The molecule has 7 nitrogen and oxygen atoms in total. The van der Waals surface area contributed by atoms with Gasteiger partial charge in [0.05, 0.1) is 36.8 Å². The molecule has 42 heavy (non-hydrogen) atoms. The van der Waals surface area contributed by atoms with E-state index < -0.39 is 40.4 Å². The molecule has 0 saturated heterocycles. The van der Waals surface area contributed by atoms with Crippen molar-refractivity contribution in [3.05, 3.63) is 100 Å². The number of carbonyl (C=O) groups is 1. The molecule has 0 fully saturated rings. The van der Waals surface area contributed by atoms with Crippen LogP contribution in [0.15, 0.2) is 60.7 Å². The zero-order valence-electron chi connectivity index (χ0n) is 24.0. The van der Waals surface area contributed by atoms with E-state index in [0.717, 1.165) is 40.5 Å². The number of hydrogen-bond donors (Lipinski definition) is 5. The van der Waals surface area contributed by atoms with Gasteiger partial charge in [-0.3, -0.25) is 13.9 Å². The minimum Gasteiger partial charge on any atom is -0.497 e. The van der Waals surface area contributed by atoms with Crippen molar-refractivity contribution in [3.8, 4) is 5.75 Å². The molecule has 0 bridgehead atoms. The van der Waals surface area contributed by atoms with E-state index in [-0.39, 0.29) is 36.8 Å². The molecule has 0 saturated carbocycles. The Kier molecular flexibility index (Phi) is 11.0. The van der Waals surface area contributed by atoms with Crippen molar-refractivity contribution >= 4 is 16.5 Å². The van der Waals surface area contributed by atoms with Crippen LogP contribution in [0.2, 0.25) is 0 Å². The summed E-state index contributed by atoms with van der Waals surface area (Å²) in [6, 6.07) is 15.4. The van der Waals surface area contributed by atoms with Crippen LogP contribution in [-0.2, 0) is 29.8 Å². The van der Waals surface area contributed by atoms with Crippen LogP contribution >= 0.6 is 10.6 Å². The summed E-state index contributed by atoms with van der Waals surface area (Å²) < 4.78 is 54.1. The first-order valence-corrected chi connectivity index (χ1v) is 16.1. The van der Waals surface area contributed by atoms with Crippen LogP contribution < -0.4 is 15.4 Å². The molecular weight excluding hydrogens is 562 g/mol. The Morgan fingerprint density at radius 2 is 1.71 bits per heavy atom. The average molecular weight is 603 g/mol. The van der Waals surface area contributed by atoms with Gasteiger partial charge in [-0.2, -0.15) is 10.6 Å². The third kappa shape index (κ3) is 8.99. The van der Waals surface area contributed by atoms with E-state index in [2.05, 4.69) is 10.6 Å². The van der Waals surface area contributed by atoms with Crippen molar-refractivity contribution in [2.45, 2.75) is 63.0 Å². The largest absolute Gasteiger partial charge is 0.497 e. The van der Waals surface area contributed by atoms with Crippen LogP contribution in [0.1, 0.15) is 53.6 Å². The predicted octanol–water partition coefficient (Wildman–Crippen LogP) is 5.54. The van der Waals surface area contributed by atoms with Crippen LogP contribution in [0.4, 0.5) is 8.78 Å². The number of hydrogen-bond acceptors (Lipinski definition) is 6. The fourth-order valence-electron chi connectivity index (χ4n) is 5.35. The second kappa shape index (κ2) is 14.4. The number of benzene rings is 3. The molecule has 0 aliphatic carbocycles. The van der Waals surface area contributed by atoms with E-state index in [1.165, 1.54) is 12.1 Å². The third-order valence-corrected chi connectivity index (χ3v) is 9.25. The van der Waals surface area contributed by atoms with Crippen molar-refractivity contribution in [2.24, 2.45) is 0 Å². The van der Waals surface area contributed by atoms with Crippen molar-refractivity contribution in [1.82, 2.24) is 10.6 Å². The molecule has 1 aliphatic heterocycles. The molecule has 3 aromatic carbocycles. The van der Waals surface area contributed by atoms with E-state index in [0.29, 0.717) is 18.4 Å². The summed E-state index contributed by atoms with van der Waals surface area (Å²) in [6.07, 6.45) is 1.17. The fourth-order valence-corrected chi connectivity index (χ4v) is 7.06. The van der Waals surface area contributed by atoms with Crippen LogP contribution in [0.25, 0.3) is 0 Å². The van der Waals surface area contributed by atoms with Crippen molar-refractivity contribution < 1.29 is 32.5 Å². The summed E-state index contributed by atoms with van der Waals surface area (Å²) in [5, 5.41) is 17.3. The van der Waals surface area contributed by atoms with Gasteiger partial charge in [0.1, 0.15) is 17.4 Å². The Balaban J connectivity index is 1.43. The lowest BCUT2D eigenvalue weighted by Crippen LogP contribution is -2.49. The number of aliphatic hydroxyl groups is 1. The van der Waals surface area contributed by atoms with Crippen LogP contribution in [0.5, 0.6) is 5.75 Å². The van der Waals surface area contributed by atoms with E-state index >= 15 is 0 Å². The highest BCUT2D eigenvalue weighted by Gasteiger charge is 2.31. The normalized spacial score (nSPS) is 18.0. The Morgan fingerprint density at radius 3 is 2.38 bits per heavy atom. The minimum absolute atomic E-state index is 0.0121. The molecule has 5 N–H and O–H groups in total. The monoisotopic (exact) mass is 602 g/mol. The number of aryl methyl sites for hydroxylation is 2. The van der Waals surface area contributed by atoms with Gasteiger partial charge in [-0.25, -0.2) is 8.78 Å². The Hall–Kier alpha value is -3.02. The molecule has 3 aromatic rings. The second-order valence-electron chi connectivity index (χ2n) is 10.9. The molecule has 1 aliphatic rings. The van der Waals surface area contributed by atoms with Crippen molar-refractivity contribution in [3.63, 3.8) is 0 Å². The maximum absolute atomic E-state index is 13.9. The van der Waals surface area contributed by atoms with Crippen LogP contribution in [-0.4, -0.2) is 51.7 Å². The van der Waals surface area contributed by atoms with Gasteiger partial charge in [-0.15, -0.1) is 0 Å². The maximum atomic E-state index is 13.9. The zero-order chi connectivity index (χ0) is 30.3. The molecule has 4 rings (SSSR count). The number of ether oxygens (including phenoxy) is 1. The standard InChI is InChI=1S/C32H40F2N2O5S/c1-3-21-7-10-24-19-42(39,40)20-30(28(24)15-21)35-18-31(37)29(16-23-13-25(33)17-26(34)14-23)36-32(38)6-4-5-22-8-11-27(41-2)12-9-22/h7-15,17,29-31,35,37,39-40H,3-6,16,18-20H2,1-2H3,(H,36,38)/t29-,30-,31+/m0/s1. The topological polar surface area (TPSA) is 111 Å². The first-order valence-electron chi connectivity index (χ1n) is 14.2. The molecule has 3 atom stereocenters. The van der Waals surface area contributed by atoms with E-state index in [9.17, 15) is 27.8 Å². The highest BCUT2D eigenvalue weighted by Crippen LogP contribution is 2.50. The number of nitrogens with one attached hydrogen (secondary N) is 2. The number of methoxy groups -OCH3 is 1. The lowest BCUT2D eigenvalue weighted by molar-refractivity contribution is -0.122. The molecule has 1 heterocycles. The molecule has 0 spiro atoms. The summed E-state index contributed by atoms with van der Waals surface area (Å²) in [5.41, 5.74) is 4.29. The first-order chi connectivity index (χ1) is 20.0. The molecule has 0 radical (unpaired) electrons. The van der Waals surface area contributed by atoms with Gasteiger partial charge in [-0.1, -0.05) is 37.3 Å².